The van der Waals surface area contributed by atoms with Crippen molar-refractivity contribution >= 4 is 22.8 Å². The van der Waals surface area contributed by atoms with Crippen LogP contribution in [0.3, 0.4) is 0 Å². The normalized spacial score (nSPS) is 18.4. The summed E-state index contributed by atoms with van der Waals surface area (Å²) >= 11 is 0. The van der Waals surface area contributed by atoms with Gasteiger partial charge < -0.3 is 18.9 Å². The Hall–Kier alpha value is -3.45. The first-order valence-electron chi connectivity index (χ1n) is 15.0. The predicted octanol–water partition coefficient (Wildman–Crippen LogP) is 5.95. The summed E-state index contributed by atoms with van der Waals surface area (Å²) in [5.41, 5.74) is 2.67. The van der Waals surface area contributed by atoms with Crippen molar-refractivity contribution in [3.8, 4) is 5.75 Å². The van der Waals surface area contributed by atoms with E-state index in [0.29, 0.717) is 5.78 Å². The standard InChI is InChI=1S/C24H29F3N8O.C4H8O.C2H6/c1-14(2)20(17-6-8-18(9-7-17)36-24(25,26)27)33-10-11-34(15(3)12-33)21-19-22(32(5)16(4)29-19)35-13-28-31-23(35)30-21;1-2-4-5-3-1;1-2/h6-9,13-15,20H,10-12H2,1-5H3;1-4H2;1-2H3. The van der Waals surface area contributed by atoms with Crippen LogP contribution < -0.4 is 9.64 Å². The van der Waals surface area contributed by atoms with Gasteiger partial charge in [0.2, 0.25) is 0 Å². The van der Waals surface area contributed by atoms with Crippen LogP contribution in [0.4, 0.5) is 19.0 Å². The van der Waals surface area contributed by atoms with Gasteiger partial charge in [-0.1, -0.05) is 39.8 Å². The van der Waals surface area contributed by atoms with Crippen LogP contribution in [0.5, 0.6) is 5.75 Å². The Kier molecular flexibility index (Phi) is 10.5. The number of hydrogen-bond donors (Lipinski definition) is 0. The molecule has 2 saturated heterocycles. The highest BCUT2D eigenvalue weighted by Gasteiger charge is 2.34. The molecule has 2 fully saturated rings. The van der Waals surface area contributed by atoms with Crippen molar-refractivity contribution in [1.29, 1.82) is 0 Å². The van der Waals surface area contributed by atoms with Crippen molar-refractivity contribution < 1.29 is 22.6 Å². The van der Waals surface area contributed by atoms with Gasteiger partial charge in [0.05, 0.1) is 0 Å². The van der Waals surface area contributed by atoms with Crippen molar-refractivity contribution in [3.63, 3.8) is 0 Å². The third-order valence-electron chi connectivity index (χ3n) is 7.70. The van der Waals surface area contributed by atoms with Crippen LogP contribution in [-0.4, -0.2) is 79.3 Å². The van der Waals surface area contributed by atoms with E-state index in [4.69, 9.17) is 14.7 Å². The molecule has 0 aliphatic carbocycles. The summed E-state index contributed by atoms with van der Waals surface area (Å²) < 4.78 is 50.6. The molecule has 10 nitrogen and oxygen atoms in total. The Labute approximate surface area is 250 Å². The zero-order valence-corrected chi connectivity index (χ0v) is 26.1. The van der Waals surface area contributed by atoms with E-state index in [1.54, 1.807) is 18.5 Å². The van der Waals surface area contributed by atoms with Crippen molar-refractivity contribution in [1.82, 2.24) is 34.0 Å². The maximum absolute atomic E-state index is 12.6. The lowest BCUT2D eigenvalue weighted by Crippen LogP contribution is -2.54. The van der Waals surface area contributed by atoms with E-state index < -0.39 is 6.36 Å². The van der Waals surface area contributed by atoms with E-state index >= 15 is 0 Å². The molecule has 0 radical (unpaired) electrons. The van der Waals surface area contributed by atoms with Gasteiger partial charge in [0, 0.05) is 52.0 Å². The average Bonchev–Trinajstić information content (AvgIpc) is 3.74. The minimum absolute atomic E-state index is 0.0542. The van der Waals surface area contributed by atoms with Gasteiger partial charge in [0.15, 0.2) is 11.5 Å². The fourth-order valence-corrected chi connectivity index (χ4v) is 5.77. The molecule has 43 heavy (non-hydrogen) atoms. The van der Waals surface area contributed by atoms with Gasteiger partial charge in [-0.15, -0.1) is 23.4 Å². The van der Waals surface area contributed by atoms with Crippen LogP contribution in [0, 0.1) is 12.8 Å². The number of anilines is 1. The third kappa shape index (κ3) is 7.38. The van der Waals surface area contributed by atoms with Gasteiger partial charge in [-0.05, 0) is 50.3 Å². The number of halogens is 3. The van der Waals surface area contributed by atoms with Gasteiger partial charge in [0.25, 0.3) is 5.78 Å². The highest BCUT2D eigenvalue weighted by molar-refractivity contribution is 5.86. The van der Waals surface area contributed by atoms with Gasteiger partial charge in [-0.2, -0.15) is 4.98 Å². The van der Waals surface area contributed by atoms with Crippen LogP contribution in [0.15, 0.2) is 30.6 Å². The van der Waals surface area contributed by atoms with Crippen LogP contribution in [0.1, 0.15) is 64.9 Å². The summed E-state index contributed by atoms with van der Waals surface area (Å²) in [6.45, 7) is 16.6. The number of rotatable bonds is 5. The summed E-state index contributed by atoms with van der Waals surface area (Å²) in [6, 6.07) is 6.40. The van der Waals surface area contributed by atoms with Crippen molar-refractivity contribution in [2.45, 2.75) is 72.8 Å². The number of hydrogen-bond acceptors (Lipinski definition) is 8. The first kappa shape index (κ1) is 32.5. The fraction of sp³-hybridized carbons (Fsp3) is 0.600. The number of fused-ring (bicyclic) bond motifs is 3. The van der Waals surface area contributed by atoms with E-state index in [-0.39, 0.29) is 23.8 Å². The summed E-state index contributed by atoms with van der Waals surface area (Å²) in [5, 5.41) is 8.21. The number of ether oxygens (including phenoxy) is 2. The number of piperazine rings is 1. The van der Waals surface area contributed by atoms with E-state index in [0.717, 1.165) is 61.2 Å². The lowest BCUT2D eigenvalue weighted by molar-refractivity contribution is -0.274. The highest BCUT2D eigenvalue weighted by Crippen LogP contribution is 2.35. The number of alkyl halides is 3. The molecule has 0 spiro atoms. The number of aromatic nitrogens is 6. The molecule has 2 unspecified atom stereocenters. The second-order valence-electron chi connectivity index (χ2n) is 11.0. The minimum atomic E-state index is -4.70. The molecular formula is C30H43F3N8O2. The lowest BCUT2D eigenvalue weighted by atomic mass is 9.93. The second-order valence-corrected chi connectivity index (χ2v) is 11.0. The molecule has 13 heteroatoms. The molecular weight excluding hydrogens is 561 g/mol. The zero-order valence-electron chi connectivity index (χ0n) is 26.1. The zero-order chi connectivity index (χ0) is 31.3. The molecule has 3 aromatic heterocycles. The Morgan fingerprint density at radius 2 is 1.70 bits per heavy atom. The molecule has 0 bridgehead atoms. The Morgan fingerprint density at radius 3 is 2.26 bits per heavy atom. The smallest absolute Gasteiger partial charge is 0.406 e. The van der Waals surface area contributed by atoms with Gasteiger partial charge in [-0.25, -0.2) is 9.38 Å². The molecule has 2 aliphatic heterocycles. The monoisotopic (exact) mass is 604 g/mol. The SMILES string of the molecule is C1CCOC1.CC.Cc1nc2c(N3CCN(C(c4ccc(OC(F)(F)F)cc4)C(C)C)CC3C)nc3nncn3c2n1C. The molecule has 5 heterocycles. The topological polar surface area (TPSA) is 85.8 Å². The maximum Gasteiger partial charge on any atom is 0.573 e. The molecule has 2 atom stereocenters. The number of imidazole rings is 1. The van der Waals surface area contributed by atoms with Crippen molar-refractivity contribution in [2.24, 2.45) is 13.0 Å². The van der Waals surface area contributed by atoms with E-state index in [9.17, 15) is 13.2 Å². The number of aryl methyl sites for hydroxylation is 2. The van der Waals surface area contributed by atoms with Crippen molar-refractivity contribution in [3.05, 3.63) is 42.0 Å². The van der Waals surface area contributed by atoms with E-state index in [1.807, 2.05) is 36.8 Å². The largest absolute Gasteiger partial charge is 0.573 e. The predicted molar refractivity (Wildman–Crippen MR) is 160 cm³/mol. The molecule has 0 amide bonds. The molecule has 6 rings (SSSR count). The average molecular weight is 605 g/mol. The number of benzene rings is 1. The maximum atomic E-state index is 12.6. The van der Waals surface area contributed by atoms with Gasteiger partial charge in [-0.3, -0.25) is 4.90 Å². The molecule has 0 N–H and O–H groups in total. The second kappa shape index (κ2) is 13.9. The Bertz CT molecular complexity index is 1460. The van der Waals surface area contributed by atoms with Gasteiger partial charge >= 0.3 is 6.36 Å². The summed E-state index contributed by atoms with van der Waals surface area (Å²) in [6.07, 6.45) is -0.499. The van der Waals surface area contributed by atoms with Crippen LogP contribution in [0.2, 0.25) is 0 Å². The van der Waals surface area contributed by atoms with Crippen molar-refractivity contribution in [2.75, 3.05) is 37.7 Å². The van der Waals surface area contributed by atoms with Gasteiger partial charge in [0.1, 0.15) is 23.4 Å². The summed E-state index contributed by atoms with van der Waals surface area (Å²) in [4.78, 5) is 14.3. The first-order chi connectivity index (χ1) is 20.5. The summed E-state index contributed by atoms with van der Waals surface area (Å²) in [7, 11) is 1.97. The molecule has 0 saturated carbocycles. The highest BCUT2D eigenvalue weighted by atomic mass is 19.4. The van der Waals surface area contributed by atoms with E-state index in [1.165, 1.54) is 25.0 Å². The van der Waals surface area contributed by atoms with E-state index in [2.05, 4.69) is 45.5 Å². The fourth-order valence-electron chi connectivity index (χ4n) is 5.77. The van der Waals surface area contributed by atoms with Crippen LogP contribution in [0.25, 0.3) is 16.9 Å². The lowest BCUT2D eigenvalue weighted by Gasteiger charge is -2.45. The minimum Gasteiger partial charge on any atom is -0.406 e. The number of nitrogens with zero attached hydrogens (tertiary/aromatic N) is 8. The molecule has 2 aliphatic rings. The molecule has 236 valence electrons. The first-order valence-corrected chi connectivity index (χ1v) is 15.0. The Balaban J connectivity index is 0.000000540. The Morgan fingerprint density at radius 1 is 1.02 bits per heavy atom. The third-order valence-corrected chi connectivity index (χ3v) is 7.70. The molecule has 4 aromatic rings. The van der Waals surface area contributed by atoms with Crippen LogP contribution in [-0.2, 0) is 11.8 Å². The van der Waals surface area contributed by atoms with Crippen LogP contribution >= 0.6 is 0 Å². The quantitative estimate of drug-likeness (QED) is 0.276. The summed E-state index contributed by atoms with van der Waals surface area (Å²) in [5.74, 6) is 2.23. The molecule has 1 aromatic carbocycles.